The van der Waals surface area contributed by atoms with Gasteiger partial charge in [-0.1, -0.05) is 0 Å². The molecule has 0 amide bonds. The third-order valence-corrected chi connectivity index (χ3v) is 2.01. The number of aliphatic carboxylic acids is 1. The Labute approximate surface area is 94.2 Å². The lowest BCUT2D eigenvalue weighted by Gasteiger charge is -2.26. The van der Waals surface area contributed by atoms with E-state index in [1.807, 2.05) is 16.9 Å². The van der Waals surface area contributed by atoms with E-state index in [1.54, 1.807) is 0 Å². The maximum Gasteiger partial charge on any atom is 0.490 e. The van der Waals surface area contributed by atoms with Crippen LogP contribution in [0.15, 0.2) is 12.3 Å². The van der Waals surface area contributed by atoms with E-state index in [9.17, 15) is 13.2 Å². The highest BCUT2D eigenvalue weighted by molar-refractivity contribution is 5.73. The number of anilines is 1. The normalized spacial score (nSPS) is 15.7. The minimum Gasteiger partial charge on any atom is -0.475 e. The molecule has 6 nitrogen and oxygen atoms in total. The van der Waals surface area contributed by atoms with Gasteiger partial charge in [-0.3, -0.25) is 4.68 Å². The van der Waals surface area contributed by atoms with Gasteiger partial charge in [0.15, 0.2) is 0 Å². The summed E-state index contributed by atoms with van der Waals surface area (Å²) in [4.78, 5) is 8.90. The summed E-state index contributed by atoms with van der Waals surface area (Å²) in [5.41, 5.74) is 5.44. The largest absolute Gasteiger partial charge is 0.490 e. The first kappa shape index (κ1) is 13.3. The number of rotatable bonds is 1. The van der Waals surface area contributed by atoms with Gasteiger partial charge in [0.1, 0.15) is 5.82 Å². The number of nitrogens with two attached hydrogens (primary N) is 1. The second-order valence-electron chi connectivity index (χ2n) is 3.34. The number of hydrogen-bond donors (Lipinski definition) is 3. The number of carboxylic acids is 1. The van der Waals surface area contributed by atoms with Crippen molar-refractivity contribution in [1.29, 1.82) is 0 Å². The van der Waals surface area contributed by atoms with E-state index in [0.29, 0.717) is 11.9 Å². The second kappa shape index (κ2) is 5.04. The van der Waals surface area contributed by atoms with Crippen molar-refractivity contribution in [2.24, 2.45) is 0 Å². The highest BCUT2D eigenvalue weighted by Crippen LogP contribution is 2.13. The second-order valence-corrected chi connectivity index (χ2v) is 3.34. The zero-order valence-electron chi connectivity index (χ0n) is 8.61. The molecule has 1 fully saturated rings. The molecule has 96 valence electrons. The van der Waals surface area contributed by atoms with Gasteiger partial charge < -0.3 is 16.2 Å². The molecule has 1 aromatic heterocycles. The van der Waals surface area contributed by atoms with E-state index in [1.165, 1.54) is 0 Å². The number of alkyl halides is 3. The van der Waals surface area contributed by atoms with Crippen molar-refractivity contribution in [1.82, 2.24) is 15.1 Å². The Kier molecular flexibility index (Phi) is 3.94. The van der Waals surface area contributed by atoms with Crippen LogP contribution in [-0.2, 0) is 4.79 Å². The van der Waals surface area contributed by atoms with Crippen LogP contribution in [0.5, 0.6) is 0 Å². The molecule has 0 radical (unpaired) electrons. The topological polar surface area (TPSA) is 93.2 Å². The fourth-order valence-electron chi connectivity index (χ4n) is 1.02. The first-order valence-electron chi connectivity index (χ1n) is 4.62. The van der Waals surface area contributed by atoms with Gasteiger partial charge >= 0.3 is 12.1 Å². The molecule has 0 aliphatic carbocycles. The third kappa shape index (κ3) is 3.94. The highest BCUT2D eigenvalue weighted by Gasteiger charge is 2.38. The Hall–Kier alpha value is -1.77. The molecule has 9 heteroatoms. The lowest BCUT2D eigenvalue weighted by atomic mass is 10.2. The molecule has 1 aromatic rings. The molecule has 2 rings (SSSR count). The minimum absolute atomic E-state index is 0.525. The lowest BCUT2D eigenvalue weighted by molar-refractivity contribution is -0.192. The molecule has 0 aromatic carbocycles. The number of nitrogens with one attached hydrogen (secondary N) is 1. The number of hydrogen-bond acceptors (Lipinski definition) is 4. The smallest absolute Gasteiger partial charge is 0.475 e. The molecule has 2 heterocycles. The Morgan fingerprint density at radius 3 is 2.35 bits per heavy atom. The van der Waals surface area contributed by atoms with Crippen LogP contribution in [0.1, 0.15) is 6.04 Å². The average molecular weight is 252 g/mol. The van der Waals surface area contributed by atoms with Gasteiger partial charge in [-0.05, 0) is 6.07 Å². The van der Waals surface area contributed by atoms with Crippen molar-refractivity contribution in [3.8, 4) is 0 Å². The van der Waals surface area contributed by atoms with Crippen molar-refractivity contribution in [2.75, 3.05) is 18.8 Å². The maximum atomic E-state index is 10.6. The van der Waals surface area contributed by atoms with E-state index in [4.69, 9.17) is 15.6 Å². The van der Waals surface area contributed by atoms with E-state index in [0.717, 1.165) is 13.1 Å². The summed E-state index contributed by atoms with van der Waals surface area (Å²) >= 11 is 0. The molecule has 4 N–H and O–H groups in total. The van der Waals surface area contributed by atoms with Gasteiger partial charge in [0, 0.05) is 19.3 Å². The predicted octanol–water partition coefficient (Wildman–Crippen LogP) is 0.243. The van der Waals surface area contributed by atoms with Crippen LogP contribution in [0.2, 0.25) is 0 Å². The van der Waals surface area contributed by atoms with E-state index in [-0.39, 0.29) is 0 Å². The average Bonchev–Trinajstić information content (AvgIpc) is 2.48. The summed E-state index contributed by atoms with van der Waals surface area (Å²) in [6.45, 7) is 2.03. The molecule has 0 spiro atoms. The van der Waals surface area contributed by atoms with Crippen LogP contribution in [-0.4, -0.2) is 40.1 Å². The first-order chi connectivity index (χ1) is 7.80. The molecular weight excluding hydrogens is 241 g/mol. The number of nitrogens with zero attached hydrogens (tertiary/aromatic N) is 2. The number of nitrogen functional groups attached to an aromatic ring is 1. The van der Waals surface area contributed by atoms with Crippen LogP contribution >= 0.6 is 0 Å². The molecule has 1 aliphatic rings. The van der Waals surface area contributed by atoms with Crippen molar-refractivity contribution in [2.45, 2.75) is 12.2 Å². The molecule has 0 saturated carbocycles. The zero-order chi connectivity index (χ0) is 13.1. The fraction of sp³-hybridized carbons (Fsp3) is 0.500. The number of carbonyl (C=O) groups is 1. The van der Waals surface area contributed by atoms with Crippen LogP contribution < -0.4 is 11.1 Å². The molecule has 0 atom stereocenters. The zero-order valence-corrected chi connectivity index (χ0v) is 8.61. The van der Waals surface area contributed by atoms with Gasteiger partial charge in [0.05, 0.1) is 6.04 Å². The quantitative estimate of drug-likeness (QED) is 0.665. The Balaban J connectivity index is 0.000000185. The van der Waals surface area contributed by atoms with Gasteiger partial charge in [-0.15, -0.1) is 0 Å². The number of halogens is 3. The monoisotopic (exact) mass is 252 g/mol. The van der Waals surface area contributed by atoms with Gasteiger partial charge in [0.2, 0.25) is 0 Å². The molecule has 0 bridgehead atoms. The van der Waals surface area contributed by atoms with E-state index >= 15 is 0 Å². The summed E-state index contributed by atoms with van der Waals surface area (Å²) in [6.07, 6.45) is -3.17. The SMILES string of the molecule is Nc1ccn(C2CNC2)n1.O=C(O)C(F)(F)F. The van der Waals surface area contributed by atoms with Gasteiger partial charge in [0.25, 0.3) is 0 Å². The standard InChI is InChI=1S/C6H10N4.C2HF3O2/c7-6-1-2-10(9-6)5-3-8-4-5;3-2(4,5)1(6)7/h1-2,5,8H,3-4H2,(H2,7,9);(H,6,7). The predicted molar refractivity (Wildman–Crippen MR) is 52.2 cm³/mol. The Morgan fingerprint density at radius 2 is 2.12 bits per heavy atom. The van der Waals surface area contributed by atoms with E-state index in [2.05, 4.69) is 10.4 Å². The molecule has 17 heavy (non-hydrogen) atoms. The minimum atomic E-state index is -5.08. The summed E-state index contributed by atoms with van der Waals surface area (Å²) in [5, 5.41) is 14.4. The van der Waals surface area contributed by atoms with Crippen LogP contribution in [0, 0.1) is 0 Å². The maximum absolute atomic E-state index is 10.6. The first-order valence-corrected chi connectivity index (χ1v) is 4.62. The van der Waals surface area contributed by atoms with Crippen LogP contribution in [0.25, 0.3) is 0 Å². The van der Waals surface area contributed by atoms with Crippen molar-refractivity contribution >= 4 is 11.8 Å². The summed E-state index contributed by atoms with van der Waals surface area (Å²) in [5.74, 6) is -2.15. The van der Waals surface area contributed by atoms with Crippen molar-refractivity contribution in [3.63, 3.8) is 0 Å². The Morgan fingerprint density at radius 1 is 1.59 bits per heavy atom. The highest BCUT2D eigenvalue weighted by atomic mass is 19.4. The molecule has 1 aliphatic heterocycles. The van der Waals surface area contributed by atoms with Crippen molar-refractivity contribution < 1.29 is 23.1 Å². The number of aromatic nitrogens is 2. The molecular formula is C8H11F3N4O2. The molecule has 0 unspecified atom stereocenters. The van der Waals surface area contributed by atoms with Crippen LogP contribution in [0.3, 0.4) is 0 Å². The summed E-state index contributed by atoms with van der Waals surface area (Å²) < 4.78 is 33.6. The summed E-state index contributed by atoms with van der Waals surface area (Å²) in [6, 6.07) is 2.34. The summed E-state index contributed by atoms with van der Waals surface area (Å²) in [7, 11) is 0. The fourth-order valence-corrected chi connectivity index (χ4v) is 1.02. The lowest BCUT2D eigenvalue weighted by Crippen LogP contribution is -2.43. The third-order valence-electron chi connectivity index (χ3n) is 2.01. The van der Waals surface area contributed by atoms with Crippen molar-refractivity contribution in [3.05, 3.63) is 12.3 Å². The number of carboxylic acid groups (broad SMARTS) is 1. The van der Waals surface area contributed by atoms with E-state index < -0.39 is 12.1 Å². The van der Waals surface area contributed by atoms with Crippen LogP contribution in [0.4, 0.5) is 19.0 Å². The molecule has 1 saturated heterocycles. The Bertz CT molecular complexity index is 386. The van der Waals surface area contributed by atoms with Gasteiger partial charge in [-0.2, -0.15) is 18.3 Å². The van der Waals surface area contributed by atoms with Gasteiger partial charge in [-0.25, -0.2) is 4.79 Å².